The van der Waals surface area contributed by atoms with Crippen molar-refractivity contribution < 1.29 is 9.59 Å². The van der Waals surface area contributed by atoms with Crippen molar-refractivity contribution in [3.8, 4) is 0 Å². The molecule has 1 aliphatic heterocycles. The first-order valence-electron chi connectivity index (χ1n) is 6.58. The third kappa shape index (κ3) is 1.54. The summed E-state index contributed by atoms with van der Waals surface area (Å²) in [5, 5.41) is 7.72. The molecule has 0 saturated carbocycles. The first-order valence-corrected chi connectivity index (χ1v) is 6.58. The number of benzene rings is 2. The van der Waals surface area contributed by atoms with Crippen LogP contribution in [0.2, 0.25) is 0 Å². The van der Waals surface area contributed by atoms with Gasteiger partial charge in [-0.25, -0.2) is 4.90 Å². The summed E-state index contributed by atoms with van der Waals surface area (Å²) < 4.78 is 0. The summed E-state index contributed by atoms with van der Waals surface area (Å²) in [6.45, 7) is 1.87. The Kier molecular flexibility index (Phi) is 2.27. The molecule has 5 nitrogen and oxygen atoms in total. The highest BCUT2D eigenvalue weighted by Crippen LogP contribution is 2.32. The fourth-order valence-corrected chi connectivity index (χ4v) is 2.74. The maximum absolute atomic E-state index is 12.5. The number of H-pyrrole nitrogens is 1. The number of rotatable bonds is 1. The lowest BCUT2D eigenvalue weighted by Crippen LogP contribution is -2.30. The van der Waals surface area contributed by atoms with Crippen molar-refractivity contribution >= 4 is 28.4 Å². The van der Waals surface area contributed by atoms with Gasteiger partial charge in [0.2, 0.25) is 0 Å². The average Bonchev–Trinajstić information content (AvgIpc) is 3.03. The van der Waals surface area contributed by atoms with Crippen LogP contribution in [0.3, 0.4) is 0 Å². The van der Waals surface area contributed by atoms with Gasteiger partial charge in [0.1, 0.15) is 0 Å². The Morgan fingerprint density at radius 1 is 1.05 bits per heavy atom. The van der Waals surface area contributed by atoms with Gasteiger partial charge in [0.15, 0.2) is 0 Å². The number of hydrogen-bond acceptors (Lipinski definition) is 3. The largest absolute Gasteiger partial charge is 0.278 e. The van der Waals surface area contributed by atoms with Gasteiger partial charge in [0.05, 0.1) is 28.5 Å². The number of anilines is 1. The first-order chi connectivity index (χ1) is 10.2. The minimum absolute atomic E-state index is 0.276. The Bertz CT molecular complexity index is 876. The molecule has 0 saturated heterocycles. The third-order valence-electron chi connectivity index (χ3n) is 3.79. The van der Waals surface area contributed by atoms with E-state index in [4.69, 9.17) is 0 Å². The number of carbonyl (C=O) groups is 2. The zero-order chi connectivity index (χ0) is 14.6. The smallest absolute Gasteiger partial charge is 0.266 e. The summed E-state index contributed by atoms with van der Waals surface area (Å²) >= 11 is 0. The number of aryl methyl sites for hydroxylation is 1. The zero-order valence-corrected chi connectivity index (χ0v) is 11.3. The van der Waals surface area contributed by atoms with Crippen LogP contribution in [0.5, 0.6) is 0 Å². The molecule has 0 aliphatic carbocycles. The normalized spacial score (nSPS) is 14.0. The van der Waals surface area contributed by atoms with E-state index in [2.05, 4.69) is 10.2 Å². The molecule has 1 N–H and O–H groups in total. The van der Waals surface area contributed by atoms with E-state index in [1.54, 1.807) is 30.5 Å². The van der Waals surface area contributed by atoms with Crippen LogP contribution in [0, 0.1) is 6.92 Å². The van der Waals surface area contributed by atoms with Crippen molar-refractivity contribution in [2.75, 3.05) is 4.90 Å². The second-order valence-corrected chi connectivity index (χ2v) is 5.09. The molecule has 2 aromatic carbocycles. The van der Waals surface area contributed by atoms with E-state index in [1.165, 1.54) is 4.90 Å². The van der Waals surface area contributed by atoms with E-state index in [0.717, 1.165) is 16.5 Å². The van der Waals surface area contributed by atoms with E-state index in [0.29, 0.717) is 16.8 Å². The second-order valence-electron chi connectivity index (χ2n) is 5.09. The number of aromatic amines is 1. The predicted molar refractivity (Wildman–Crippen MR) is 78.4 cm³/mol. The van der Waals surface area contributed by atoms with Gasteiger partial charge < -0.3 is 0 Å². The topological polar surface area (TPSA) is 66.1 Å². The molecule has 0 bridgehead atoms. The van der Waals surface area contributed by atoms with Crippen molar-refractivity contribution in [3.63, 3.8) is 0 Å². The number of fused-ring (bicyclic) bond motifs is 2. The summed E-state index contributed by atoms with van der Waals surface area (Å²) in [6, 6.07) is 10.6. The van der Waals surface area contributed by atoms with Crippen LogP contribution in [-0.2, 0) is 0 Å². The molecular weight excluding hydrogens is 266 g/mol. The van der Waals surface area contributed by atoms with Crippen molar-refractivity contribution in [3.05, 3.63) is 59.3 Å². The molecule has 1 aromatic heterocycles. The van der Waals surface area contributed by atoms with E-state index in [9.17, 15) is 9.59 Å². The molecule has 102 valence electrons. The molecule has 1 aliphatic rings. The lowest BCUT2D eigenvalue weighted by Gasteiger charge is -2.16. The molecule has 21 heavy (non-hydrogen) atoms. The van der Waals surface area contributed by atoms with E-state index < -0.39 is 0 Å². The minimum atomic E-state index is -0.276. The fraction of sp³-hybridized carbons (Fsp3) is 0.0625. The van der Waals surface area contributed by atoms with Crippen molar-refractivity contribution in [1.29, 1.82) is 0 Å². The average molecular weight is 277 g/mol. The van der Waals surface area contributed by atoms with Gasteiger partial charge in [0.25, 0.3) is 11.8 Å². The number of aromatic nitrogens is 2. The maximum atomic E-state index is 12.5. The lowest BCUT2D eigenvalue weighted by molar-refractivity contribution is 0.0926. The van der Waals surface area contributed by atoms with Crippen molar-refractivity contribution in [2.45, 2.75) is 6.92 Å². The number of nitrogens with zero attached hydrogens (tertiary/aromatic N) is 2. The summed E-state index contributed by atoms with van der Waals surface area (Å²) in [7, 11) is 0. The Labute approximate surface area is 120 Å². The summed E-state index contributed by atoms with van der Waals surface area (Å²) in [4.78, 5) is 26.3. The van der Waals surface area contributed by atoms with Crippen molar-refractivity contribution in [2.24, 2.45) is 0 Å². The van der Waals surface area contributed by atoms with E-state index in [1.807, 2.05) is 19.1 Å². The van der Waals surface area contributed by atoms with Gasteiger partial charge >= 0.3 is 0 Å². The lowest BCUT2D eigenvalue weighted by atomic mass is 10.1. The standard InChI is InChI=1S/C16H11N3O2/c1-9-6-13-10(8-17-18-13)7-14(9)19-15(20)11-4-2-3-5-12(11)16(19)21/h2-8H,1H3,(H,17,18). The second kappa shape index (κ2) is 4.02. The Balaban J connectivity index is 1.92. The molecule has 0 spiro atoms. The zero-order valence-electron chi connectivity index (χ0n) is 11.3. The van der Waals surface area contributed by atoms with Gasteiger partial charge in [-0.1, -0.05) is 12.1 Å². The van der Waals surface area contributed by atoms with Gasteiger partial charge in [-0.2, -0.15) is 5.10 Å². The number of carbonyl (C=O) groups excluding carboxylic acids is 2. The molecule has 2 heterocycles. The van der Waals surface area contributed by atoms with Gasteiger partial charge in [0, 0.05) is 5.39 Å². The number of hydrogen-bond donors (Lipinski definition) is 1. The minimum Gasteiger partial charge on any atom is -0.278 e. The quantitative estimate of drug-likeness (QED) is 0.695. The molecule has 0 radical (unpaired) electrons. The monoisotopic (exact) mass is 277 g/mol. The first kappa shape index (κ1) is 11.8. The van der Waals surface area contributed by atoms with Crippen LogP contribution in [-0.4, -0.2) is 22.0 Å². The highest BCUT2D eigenvalue weighted by Gasteiger charge is 2.37. The SMILES string of the molecule is Cc1cc2[nH]ncc2cc1N1C(=O)c2ccccc2C1=O. The van der Waals surface area contributed by atoms with Crippen LogP contribution < -0.4 is 4.90 Å². The molecule has 2 amide bonds. The molecule has 0 fully saturated rings. The highest BCUT2D eigenvalue weighted by atomic mass is 16.2. The molecule has 4 rings (SSSR count). The Hall–Kier alpha value is -2.95. The van der Waals surface area contributed by atoms with Crippen LogP contribution in [0.15, 0.2) is 42.6 Å². The molecule has 0 atom stereocenters. The molecular formula is C16H11N3O2. The molecule has 5 heteroatoms. The predicted octanol–water partition coefficient (Wildman–Crippen LogP) is 2.67. The van der Waals surface area contributed by atoms with Gasteiger partial charge in [-0.05, 0) is 36.8 Å². The fourth-order valence-electron chi connectivity index (χ4n) is 2.74. The summed E-state index contributed by atoms with van der Waals surface area (Å²) in [6.07, 6.45) is 1.68. The van der Waals surface area contributed by atoms with Gasteiger partial charge in [-0.15, -0.1) is 0 Å². The highest BCUT2D eigenvalue weighted by molar-refractivity contribution is 6.34. The molecule has 0 unspecified atom stereocenters. The summed E-state index contributed by atoms with van der Waals surface area (Å²) in [5.41, 5.74) is 3.24. The van der Waals surface area contributed by atoms with Crippen LogP contribution >= 0.6 is 0 Å². The summed E-state index contributed by atoms with van der Waals surface area (Å²) in [5.74, 6) is -0.553. The Morgan fingerprint density at radius 3 is 2.38 bits per heavy atom. The molecule has 3 aromatic rings. The van der Waals surface area contributed by atoms with Crippen LogP contribution in [0.25, 0.3) is 10.9 Å². The van der Waals surface area contributed by atoms with Crippen LogP contribution in [0.1, 0.15) is 26.3 Å². The third-order valence-corrected chi connectivity index (χ3v) is 3.79. The Morgan fingerprint density at radius 2 is 1.71 bits per heavy atom. The number of amides is 2. The van der Waals surface area contributed by atoms with Crippen molar-refractivity contribution in [1.82, 2.24) is 10.2 Å². The van der Waals surface area contributed by atoms with Crippen LogP contribution in [0.4, 0.5) is 5.69 Å². The maximum Gasteiger partial charge on any atom is 0.266 e. The number of imide groups is 1. The van der Waals surface area contributed by atoms with Gasteiger partial charge in [-0.3, -0.25) is 14.7 Å². The van der Waals surface area contributed by atoms with E-state index in [-0.39, 0.29) is 11.8 Å². The van der Waals surface area contributed by atoms with E-state index >= 15 is 0 Å². The number of nitrogens with one attached hydrogen (secondary N) is 1.